The van der Waals surface area contributed by atoms with Gasteiger partial charge in [-0.2, -0.15) is 0 Å². The third kappa shape index (κ3) is 3.60. The van der Waals surface area contributed by atoms with E-state index in [0.717, 1.165) is 42.3 Å². The number of halogens is 1. The van der Waals surface area contributed by atoms with Gasteiger partial charge in [0.05, 0.1) is 12.0 Å². The molecule has 158 valence electrons. The minimum atomic E-state index is -0.272. The number of carbonyl (C=O) groups is 1. The first-order valence-electron chi connectivity index (χ1n) is 10.9. The van der Waals surface area contributed by atoms with Crippen LogP contribution in [0.1, 0.15) is 55.0 Å². The fourth-order valence-corrected chi connectivity index (χ4v) is 5.31. The topological polar surface area (TPSA) is 65.6 Å². The molecule has 0 spiro atoms. The van der Waals surface area contributed by atoms with Crippen LogP contribution in [0.4, 0.5) is 4.79 Å². The molecule has 1 amide bonds. The average molecular weight is 427 g/mol. The van der Waals surface area contributed by atoms with Gasteiger partial charge in [-0.3, -0.25) is 4.90 Å². The van der Waals surface area contributed by atoms with Gasteiger partial charge >= 0.3 is 6.09 Å². The standard InChI is InChI=1S/C24H27ClN2O3/c25-17-7-10-21-20(13-17)19-11-12-27(24(29)30-14-15-3-1-2-4-15)23(22(19)26-21)16-5-8-18(28)9-6-16/h5-6,8-10,13,15,17,23,26,28H,1-4,7,11-12,14H2/t17?,23-/m0/s1. The lowest BCUT2D eigenvalue weighted by Gasteiger charge is -2.35. The van der Waals surface area contributed by atoms with Crippen LogP contribution in [-0.4, -0.2) is 39.6 Å². The zero-order valence-electron chi connectivity index (χ0n) is 16.9. The van der Waals surface area contributed by atoms with Crippen molar-refractivity contribution >= 4 is 29.8 Å². The van der Waals surface area contributed by atoms with Crippen LogP contribution < -0.4 is 10.6 Å². The van der Waals surface area contributed by atoms with E-state index in [1.165, 1.54) is 23.6 Å². The summed E-state index contributed by atoms with van der Waals surface area (Å²) in [6.45, 7) is 1.09. The van der Waals surface area contributed by atoms with E-state index >= 15 is 0 Å². The predicted molar refractivity (Wildman–Crippen MR) is 117 cm³/mol. The number of phenolic OH excluding ortho intramolecular Hbond substituents is 1. The van der Waals surface area contributed by atoms with Gasteiger partial charge in [0.15, 0.2) is 0 Å². The van der Waals surface area contributed by atoms with Gasteiger partial charge in [-0.15, -0.1) is 11.6 Å². The number of alkyl halides is 1. The number of nitrogens with one attached hydrogen (secondary N) is 1. The molecule has 5 rings (SSSR count). The van der Waals surface area contributed by atoms with Gasteiger partial charge in [-0.05, 0) is 54.9 Å². The molecule has 0 radical (unpaired) electrons. The van der Waals surface area contributed by atoms with Crippen LogP contribution in [-0.2, 0) is 11.2 Å². The van der Waals surface area contributed by atoms with Gasteiger partial charge < -0.3 is 14.8 Å². The van der Waals surface area contributed by atoms with Gasteiger partial charge in [0.25, 0.3) is 0 Å². The molecule has 1 fully saturated rings. The average Bonchev–Trinajstić information content (AvgIpc) is 3.39. The van der Waals surface area contributed by atoms with Gasteiger partial charge in [-0.25, -0.2) is 4.79 Å². The Hall–Kier alpha value is -2.40. The number of aromatic nitrogens is 1. The lowest BCUT2D eigenvalue weighted by Crippen LogP contribution is -2.42. The molecule has 1 aromatic heterocycles. The zero-order chi connectivity index (χ0) is 20.7. The first kappa shape index (κ1) is 19.6. The van der Waals surface area contributed by atoms with Crippen LogP contribution in [0, 0.1) is 5.92 Å². The number of aromatic hydroxyl groups is 1. The summed E-state index contributed by atoms with van der Waals surface area (Å²) in [5.74, 6) is 0.701. The number of benzene rings is 1. The maximum Gasteiger partial charge on any atom is 0.410 e. The van der Waals surface area contributed by atoms with Crippen molar-refractivity contribution < 1.29 is 14.6 Å². The number of aromatic amines is 1. The Kier molecular flexibility index (Phi) is 5.23. The van der Waals surface area contributed by atoms with E-state index in [9.17, 15) is 9.90 Å². The fourth-order valence-electron chi connectivity index (χ4n) is 5.10. The minimum absolute atomic E-state index is 0.000992. The molecule has 30 heavy (non-hydrogen) atoms. The molecule has 3 aliphatic rings. The number of H-pyrrole nitrogens is 1. The van der Waals surface area contributed by atoms with E-state index in [4.69, 9.17) is 16.3 Å². The third-order valence-electron chi connectivity index (χ3n) is 6.65. The molecule has 1 saturated carbocycles. The molecule has 2 aliphatic carbocycles. The van der Waals surface area contributed by atoms with Crippen molar-refractivity contribution in [2.45, 2.75) is 49.9 Å². The number of hydrogen-bond acceptors (Lipinski definition) is 3. The van der Waals surface area contributed by atoms with Gasteiger partial charge in [0.2, 0.25) is 0 Å². The largest absolute Gasteiger partial charge is 0.508 e. The van der Waals surface area contributed by atoms with Crippen molar-refractivity contribution in [2.75, 3.05) is 13.2 Å². The Morgan fingerprint density at radius 3 is 2.77 bits per heavy atom. The van der Waals surface area contributed by atoms with E-state index in [-0.39, 0.29) is 23.3 Å². The maximum absolute atomic E-state index is 13.1. The van der Waals surface area contributed by atoms with Crippen molar-refractivity contribution in [2.24, 2.45) is 5.92 Å². The molecular weight excluding hydrogens is 400 g/mol. The molecule has 0 saturated heterocycles. The summed E-state index contributed by atoms with van der Waals surface area (Å²) in [6.07, 6.45) is 10.3. The van der Waals surface area contributed by atoms with Crippen LogP contribution in [0.3, 0.4) is 0 Å². The number of carbonyl (C=O) groups excluding carboxylic acids is 1. The molecule has 0 bridgehead atoms. The molecule has 1 unspecified atom stereocenters. The quantitative estimate of drug-likeness (QED) is 0.737. The summed E-state index contributed by atoms with van der Waals surface area (Å²) >= 11 is 6.38. The summed E-state index contributed by atoms with van der Waals surface area (Å²) in [6, 6.07) is 6.82. The lowest BCUT2D eigenvalue weighted by atomic mass is 9.92. The molecule has 6 heteroatoms. The summed E-state index contributed by atoms with van der Waals surface area (Å²) < 4.78 is 5.76. The second-order valence-electron chi connectivity index (χ2n) is 8.63. The highest BCUT2D eigenvalue weighted by atomic mass is 35.5. The predicted octanol–water partition coefficient (Wildman–Crippen LogP) is 3.57. The summed E-state index contributed by atoms with van der Waals surface area (Å²) in [4.78, 5) is 18.5. The number of amides is 1. The molecule has 1 aliphatic heterocycles. The van der Waals surface area contributed by atoms with Gasteiger partial charge in [0, 0.05) is 22.8 Å². The molecular formula is C24H27ClN2O3. The van der Waals surface area contributed by atoms with E-state index in [2.05, 4.69) is 17.1 Å². The van der Waals surface area contributed by atoms with E-state index in [0.29, 0.717) is 19.1 Å². The first-order chi connectivity index (χ1) is 14.6. The summed E-state index contributed by atoms with van der Waals surface area (Å²) in [5.41, 5.74) is 3.20. The lowest BCUT2D eigenvalue weighted by molar-refractivity contribution is 0.0762. The van der Waals surface area contributed by atoms with Crippen molar-refractivity contribution in [1.82, 2.24) is 9.88 Å². The van der Waals surface area contributed by atoms with Crippen molar-refractivity contribution in [3.8, 4) is 5.75 Å². The molecule has 2 N–H and O–H groups in total. The first-order valence-corrected chi connectivity index (χ1v) is 11.3. The SMILES string of the molecule is O=C(OCC1CCCC1)N1CCc2c([nH]c3c2=CC(Cl)CC=3)[C@@H]1c1ccc(O)cc1. The third-order valence-corrected chi connectivity index (χ3v) is 6.96. The number of ether oxygens (including phenoxy) is 1. The highest BCUT2D eigenvalue weighted by Gasteiger charge is 2.35. The van der Waals surface area contributed by atoms with Crippen LogP contribution in [0.5, 0.6) is 5.75 Å². The van der Waals surface area contributed by atoms with Crippen LogP contribution in [0.25, 0.3) is 12.2 Å². The van der Waals surface area contributed by atoms with Crippen LogP contribution in [0.15, 0.2) is 24.3 Å². The monoisotopic (exact) mass is 426 g/mol. The summed E-state index contributed by atoms with van der Waals surface area (Å²) in [7, 11) is 0. The Balaban J connectivity index is 1.51. The Morgan fingerprint density at radius 1 is 1.23 bits per heavy atom. The number of fused-ring (bicyclic) bond motifs is 3. The van der Waals surface area contributed by atoms with Crippen molar-refractivity contribution in [3.63, 3.8) is 0 Å². The molecule has 2 aromatic rings. The highest BCUT2D eigenvalue weighted by Crippen LogP contribution is 2.34. The van der Waals surface area contributed by atoms with Crippen LogP contribution >= 0.6 is 11.6 Å². The molecule has 2 heterocycles. The zero-order valence-corrected chi connectivity index (χ0v) is 17.7. The van der Waals surface area contributed by atoms with Crippen molar-refractivity contribution in [3.05, 3.63) is 51.7 Å². The van der Waals surface area contributed by atoms with E-state index in [1.54, 1.807) is 12.1 Å². The second kappa shape index (κ2) is 8.03. The minimum Gasteiger partial charge on any atom is -0.508 e. The Labute approximate surface area is 181 Å². The molecule has 1 aromatic carbocycles. The number of nitrogens with zero attached hydrogens (tertiary/aromatic N) is 1. The normalized spacial score (nSPS) is 23.3. The van der Waals surface area contributed by atoms with E-state index < -0.39 is 0 Å². The maximum atomic E-state index is 13.1. The molecule has 5 nitrogen and oxygen atoms in total. The van der Waals surface area contributed by atoms with Gasteiger partial charge in [0.1, 0.15) is 11.8 Å². The fraction of sp³-hybridized carbons (Fsp3) is 0.458. The smallest absolute Gasteiger partial charge is 0.410 e. The van der Waals surface area contributed by atoms with Crippen molar-refractivity contribution in [1.29, 1.82) is 0 Å². The Bertz CT molecular complexity index is 1050. The summed E-state index contributed by atoms with van der Waals surface area (Å²) in [5, 5.41) is 12.0. The number of phenols is 1. The number of rotatable bonds is 3. The van der Waals surface area contributed by atoms with E-state index in [1.807, 2.05) is 17.0 Å². The second-order valence-corrected chi connectivity index (χ2v) is 9.19. The molecule has 2 atom stereocenters. The number of hydrogen-bond donors (Lipinski definition) is 2. The highest BCUT2D eigenvalue weighted by molar-refractivity contribution is 6.24. The van der Waals surface area contributed by atoms with Crippen LogP contribution in [0.2, 0.25) is 0 Å². The van der Waals surface area contributed by atoms with Gasteiger partial charge in [-0.1, -0.05) is 37.1 Å². The Morgan fingerprint density at radius 2 is 2.00 bits per heavy atom.